The van der Waals surface area contributed by atoms with E-state index in [-0.39, 0.29) is 10.0 Å². The number of carbonyl (C=O) groups is 1. The molecule has 0 fully saturated rings. The number of rotatable bonds is 5. The summed E-state index contributed by atoms with van der Waals surface area (Å²) < 4.78 is 15.0. The van der Waals surface area contributed by atoms with Crippen molar-refractivity contribution < 1.29 is 9.36 Å². The number of halogens is 1. The Balaban J connectivity index is 2.32. The lowest BCUT2D eigenvalue weighted by atomic mass is 9.84. The van der Waals surface area contributed by atoms with Gasteiger partial charge in [0, 0.05) is 10.9 Å². The average Bonchev–Trinajstić information content (AvgIpc) is 2.72. The van der Waals surface area contributed by atoms with Gasteiger partial charge in [-0.15, -0.1) is 0 Å². The molecule has 0 aromatic heterocycles. The summed E-state index contributed by atoms with van der Waals surface area (Å²) in [7, 11) is -3.92. The molecule has 0 aliphatic carbocycles. The standard InChI is InChI=1S/C27H28ClO2PS/c1-17-11-10-14-22(28)24(17)31(30,26(32)20-12-8-7-9-13-20)25(29)23-18(2)15-21(16-19(23)3)27(4,5)6/h7-16H,1-6H3. The van der Waals surface area contributed by atoms with Crippen LogP contribution in [0, 0.1) is 20.8 Å². The number of carbonyl (C=O) groups excluding carboxylic acids is 1. The van der Waals surface area contributed by atoms with E-state index in [9.17, 15) is 9.36 Å². The lowest BCUT2D eigenvalue weighted by Crippen LogP contribution is -2.24. The second kappa shape index (κ2) is 9.06. The highest BCUT2D eigenvalue weighted by molar-refractivity contribution is 8.13. The van der Waals surface area contributed by atoms with Crippen LogP contribution < -0.4 is 5.30 Å². The molecule has 0 heterocycles. The fourth-order valence-corrected chi connectivity index (χ4v) is 7.93. The van der Waals surface area contributed by atoms with Crippen LogP contribution in [0.15, 0.2) is 60.7 Å². The number of hydrogen-bond acceptors (Lipinski definition) is 3. The molecule has 1 unspecified atom stereocenters. The maximum Gasteiger partial charge on any atom is 0.231 e. The Labute approximate surface area is 201 Å². The van der Waals surface area contributed by atoms with Crippen molar-refractivity contribution in [2.45, 2.75) is 47.0 Å². The second-order valence-electron chi connectivity index (χ2n) is 9.23. The molecule has 166 valence electrons. The molecule has 0 aliphatic heterocycles. The third-order valence-electron chi connectivity index (χ3n) is 5.71. The van der Waals surface area contributed by atoms with E-state index in [2.05, 4.69) is 20.8 Å². The Hall–Kier alpha value is -2.06. The molecule has 2 nitrogen and oxygen atoms in total. The molecule has 3 rings (SSSR count). The fraction of sp³-hybridized carbons (Fsp3) is 0.259. The van der Waals surface area contributed by atoms with Gasteiger partial charge >= 0.3 is 0 Å². The van der Waals surface area contributed by atoms with Crippen LogP contribution >= 0.6 is 31.0 Å². The predicted molar refractivity (Wildman–Crippen MR) is 141 cm³/mol. The number of hydrogen-bond donors (Lipinski definition) is 0. The summed E-state index contributed by atoms with van der Waals surface area (Å²) in [6.45, 7) is 12.0. The van der Waals surface area contributed by atoms with Crippen molar-refractivity contribution in [3.63, 3.8) is 0 Å². The van der Waals surface area contributed by atoms with Gasteiger partial charge in [0.15, 0.2) is 0 Å². The summed E-state index contributed by atoms with van der Waals surface area (Å²) in [4.78, 5) is 14.2. The SMILES string of the molecule is Cc1cc(C(C)(C)C)cc(C)c1C(=O)P(=O)(C(=S)c1ccccc1)c1c(C)cccc1Cl. The lowest BCUT2D eigenvalue weighted by Gasteiger charge is -2.25. The van der Waals surface area contributed by atoms with Gasteiger partial charge in [-0.1, -0.05) is 99.2 Å². The van der Waals surface area contributed by atoms with E-state index in [4.69, 9.17) is 23.8 Å². The smallest absolute Gasteiger partial charge is 0.231 e. The van der Waals surface area contributed by atoms with Gasteiger partial charge in [-0.2, -0.15) is 0 Å². The second-order valence-corrected chi connectivity index (χ2v) is 12.9. The largest absolute Gasteiger partial charge is 0.304 e. The minimum absolute atomic E-state index is 0.0700. The summed E-state index contributed by atoms with van der Waals surface area (Å²) in [5.74, 6) is 0. The van der Waals surface area contributed by atoms with Gasteiger partial charge in [0.05, 0.1) is 9.63 Å². The molecule has 32 heavy (non-hydrogen) atoms. The zero-order chi connectivity index (χ0) is 23.8. The highest BCUT2D eigenvalue weighted by atomic mass is 35.5. The van der Waals surface area contributed by atoms with Crippen LogP contribution in [0.1, 0.15) is 58.9 Å². The first kappa shape index (κ1) is 24.6. The van der Waals surface area contributed by atoms with Crippen molar-refractivity contribution in [1.29, 1.82) is 0 Å². The Kier molecular flexibility index (Phi) is 6.96. The number of thiocarbonyl (C=S) groups is 1. The van der Waals surface area contributed by atoms with Gasteiger partial charge in [0.25, 0.3) is 0 Å². The van der Waals surface area contributed by atoms with Crippen molar-refractivity contribution in [3.05, 3.63) is 99.1 Å². The van der Waals surface area contributed by atoms with Crippen LogP contribution in [-0.2, 0) is 9.98 Å². The molecule has 0 N–H and O–H groups in total. The van der Waals surface area contributed by atoms with Crippen LogP contribution in [0.25, 0.3) is 0 Å². The molecule has 0 amide bonds. The summed E-state index contributed by atoms with van der Waals surface area (Å²) in [5, 5.41) is 0.626. The van der Waals surface area contributed by atoms with Gasteiger partial charge in [0.2, 0.25) is 12.7 Å². The molecule has 5 heteroatoms. The van der Waals surface area contributed by atoms with E-state index >= 15 is 0 Å². The van der Waals surface area contributed by atoms with E-state index in [1.807, 2.05) is 57.2 Å². The zero-order valence-corrected chi connectivity index (χ0v) is 21.8. The van der Waals surface area contributed by atoms with Crippen molar-refractivity contribution in [3.8, 4) is 0 Å². The number of aryl methyl sites for hydroxylation is 3. The molecule has 0 bridgehead atoms. The zero-order valence-electron chi connectivity index (χ0n) is 19.3. The Morgan fingerprint density at radius 2 is 1.44 bits per heavy atom. The lowest BCUT2D eigenvalue weighted by molar-refractivity contribution is 0.107. The van der Waals surface area contributed by atoms with Crippen molar-refractivity contribution in [2.75, 3.05) is 0 Å². The van der Waals surface area contributed by atoms with E-state index in [1.165, 1.54) is 0 Å². The Morgan fingerprint density at radius 3 is 1.94 bits per heavy atom. The van der Waals surface area contributed by atoms with Crippen molar-refractivity contribution in [1.82, 2.24) is 0 Å². The maximum atomic E-state index is 14.9. The van der Waals surface area contributed by atoms with E-state index in [0.717, 1.165) is 16.7 Å². The summed E-state index contributed by atoms with van der Waals surface area (Å²) >= 11 is 12.3. The summed E-state index contributed by atoms with van der Waals surface area (Å²) in [5.41, 5.74) is 3.92. The first-order valence-electron chi connectivity index (χ1n) is 10.5. The third kappa shape index (κ3) is 4.39. The highest BCUT2D eigenvalue weighted by Crippen LogP contribution is 2.54. The molecule has 3 aromatic rings. The van der Waals surface area contributed by atoms with Gasteiger partial charge in [-0.3, -0.25) is 4.79 Å². The molecule has 3 aromatic carbocycles. The first-order valence-corrected chi connectivity index (χ1v) is 13.0. The highest BCUT2D eigenvalue weighted by Gasteiger charge is 2.43. The van der Waals surface area contributed by atoms with Crippen molar-refractivity contribution >= 4 is 46.4 Å². The molecule has 0 saturated heterocycles. The molecule has 1 atom stereocenters. The Morgan fingerprint density at radius 1 is 0.875 bits per heavy atom. The third-order valence-corrected chi connectivity index (χ3v) is 10.0. The monoisotopic (exact) mass is 482 g/mol. The van der Waals surface area contributed by atoms with Crippen molar-refractivity contribution in [2.24, 2.45) is 0 Å². The van der Waals surface area contributed by atoms with Gasteiger partial charge in [-0.25, -0.2) is 0 Å². The Bertz CT molecular complexity index is 1210. The van der Waals surface area contributed by atoms with E-state index in [1.54, 1.807) is 24.3 Å². The number of benzene rings is 3. The minimum atomic E-state index is -3.92. The molecule has 0 aliphatic rings. The topological polar surface area (TPSA) is 34.1 Å². The minimum Gasteiger partial charge on any atom is -0.304 e. The van der Waals surface area contributed by atoms with Crippen LogP contribution in [0.5, 0.6) is 0 Å². The van der Waals surface area contributed by atoms with E-state index < -0.39 is 12.7 Å². The van der Waals surface area contributed by atoms with Crippen LogP contribution in [-0.4, -0.2) is 10.1 Å². The maximum absolute atomic E-state index is 14.9. The molecule has 0 radical (unpaired) electrons. The fourth-order valence-electron chi connectivity index (χ4n) is 3.97. The van der Waals surface area contributed by atoms with Crippen LogP contribution in [0.4, 0.5) is 0 Å². The van der Waals surface area contributed by atoms with Crippen LogP contribution in [0.2, 0.25) is 5.02 Å². The molecular weight excluding hydrogens is 455 g/mol. The van der Waals surface area contributed by atoms with Gasteiger partial charge in [0.1, 0.15) is 0 Å². The predicted octanol–water partition coefficient (Wildman–Crippen LogP) is 7.77. The summed E-state index contributed by atoms with van der Waals surface area (Å²) in [6.07, 6.45) is 0. The normalized spacial score (nSPS) is 13.5. The first-order chi connectivity index (χ1) is 14.9. The molecule has 0 spiro atoms. The van der Waals surface area contributed by atoms with Gasteiger partial charge in [-0.05, 0) is 60.1 Å². The average molecular weight is 483 g/mol. The molecule has 0 saturated carbocycles. The van der Waals surface area contributed by atoms with Crippen LogP contribution in [0.3, 0.4) is 0 Å². The van der Waals surface area contributed by atoms with Gasteiger partial charge < -0.3 is 4.57 Å². The molecular formula is C27H28ClO2PS. The quantitative estimate of drug-likeness (QED) is 0.275. The summed E-state index contributed by atoms with van der Waals surface area (Å²) in [6, 6.07) is 18.4. The van der Waals surface area contributed by atoms with E-state index in [0.29, 0.717) is 27.0 Å².